The molecular weight excluding hydrogens is 226 g/mol. The zero-order valence-corrected chi connectivity index (χ0v) is 9.91. The van der Waals surface area contributed by atoms with Crippen molar-refractivity contribution < 1.29 is 4.74 Å². The predicted octanol–water partition coefficient (Wildman–Crippen LogP) is 1.65. The lowest BCUT2D eigenvalue weighted by molar-refractivity contribution is 0.0743. The van der Waals surface area contributed by atoms with Crippen LogP contribution in [-0.4, -0.2) is 29.7 Å². The maximum absolute atomic E-state index is 5.69. The number of aromatic nitrogens is 2. The minimum atomic E-state index is 0.281. The Morgan fingerprint density at radius 1 is 1.44 bits per heavy atom. The van der Waals surface area contributed by atoms with Gasteiger partial charge in [0.25, 0.3) is 0 Å². The topological polar surface area (TPSA) is 47.0 Å². The third-order valence-corrected chi connectivity index (χ3v) is 2.93. The minimum Gasteiger partial charge on any atom is -0.375 e. The quantitative estimate of drug-likeness (QED) is 0.815. The zero-order valence-electron chi connectivity index (χ0n) is 9.16. The number of nitrogens with zero attached hydrogens (tertiary/aromatic N) is 2. The molecule has 1 aromatic rings. The van der Waals surface area contributed by atoms with Crippen molar-refractivity contribution in [3.05, 3.63) is 23.2 Å². The van der Waals surface area contributed by atoms with Gasteiger partial charge in [-0.25, -0.2) is 9.97 Å². The molecule has 1 aliphatic rings. The maximum Gasteiger partial charge on any atom is 0.222 e. The van der Waals surface area contributed by atoms with Crippen LogP contribution in [0.3, 0.4) is 0 Å². The fraction of sp³-hybridized carbons (Fsp3) is 0.636. The lowest BCUT2D eigenvalue weighted by Gasteiger charge is -2.22. The molecule has 5 heteroatoms. The number of piperidine rings is 1. The first kappa shape index (κ1) is 11.8. The molecule has 0 bridgehead atoms. The van der Waals surface area contributed by atoms with E-state index in [0.717, 1.165) is 25.4 Å². The van der Waals surface area contributed by atoms with Crippen LogP contribution in [0.25, 0.3) is 0 Å². The number of rotatable bonds is 4. The van der Waals surface area contributed by atoms with Crippen LogP contribution in [0.2, 0.25) is 5.28 Å². The SMILES string of the molecule is Clc1nccc(COCC2CCNCC2)n1. The molecule has 0 amide bonds. The highest BCUT2D eigenvalue weighted by Crippen LogP contribution is 2.12. The van der Waals surface area contributed by atoms with Gasteiger partial charge in [-0.3, -0.25) is 0 Å². The summed E-state index contributed by atoms with van der Waals surface area (Å²) in [7, 11) is 0. The molecule has 0 saturated carbocycles. The van der Waals surface area contributed by atoms with Crippen LogP contribution in [0.15, 0.2) is 12.3 Å². The molecule has 1 saturated heterocycles. The largest absolute Gasteiger partial charge is 0.375 e. The predicted molar refractivity (Wildman–Crippen MR) is 62.3 cm³/mol. The van der Waals surface area contributed by atoms with Gasteiger partial charge in [-0.2, -0.15) is 0 Å². The third kappa shape index (κ3) is 3.70. The van der Waals surface area contributed by atoms with Crippen molar-refractivity contribution in [3.63, 3.8) is 0 Å². The molecule has 0 radical (unpaired) electrons. The fourth-order valence-electron chi connectivity index (χ4n) is 1.83. The second kappa shape index (κ2) is 6.13. The summed E-state index contributed by atoms with van der Waals surface area (Å²) in [6.07, 6.45) is 4.05. The molecule has 88 valence electrons. The Hall–Kier alpha value is -0.710. The minimum absolute atomic E-state index is 0.281. The summed E-state index contributed by atoms with van der Waals surface area (Å²) in [5, 5.41) is 3.62. The van der Waals surface area contributed by atoms with Crippen LogP contribution in [0.5, 0.6) is 0 Å². The van der Waals surface area contributed by atoms with E-state index in [1.165, 1.54) is 12.8 Å². The molecule has 0 unspecified atom stereocenters. The molecule has 1 aliphatic heterocycles. The highest BCUT2D eigenvalue weighted by Gasteiger charge is 2.12. The van der Waals surface area contributed by atoms with Gasteiger partial charge < -0.3 is 10.1 Å². The molecule has 2 rings (SSSR count). The summed E-state index contributed by atoms with van der Waals surface area (Å²) in [5.41, 5.74) is 0.842. The summed E-state index contributed by atoms with van der Waals surface area (Å²) in [4.78, 5) is 7.90. The van der Waals surface area contributed by atoms with Gasteiger partial charge in [0.05, 0.1) is 18.9 Å². The third-order valence-electron chi connectivity index (χ3n) is 2.75. The van der Waals surface area contributed by atoms with Crippen molar-refractivity contribution in [2.24, 2.45) is 5.92 Å². The molecule has 1 aromatic heterocycles. The van der Waals surface area contributed by atoms with Crippen molar-refractivity contribution >= 4 is 11.6 Å². The maximum atomic E-state index is 5.69. The van der Waals surface area contributed by atoms with E-state index in [9.17, 15) is 0 Å². The molecule has 1 N–H and O–H groups in total. The van der Waals surface area contributed by atoms with Gasteiger partial charge in [0.15, 0.2) is 0 Å². The van der Waals surface area contributed by atoms with Gasteiger partial charge >= 0.3 is 0 Å². The van der Waals surface area contributed by atoms with E-state index in [2.05, 4.69) is 15.3 Å². The number of hydrogen-bond acceptors (Lipinski definition) is 4. The van der Waals surface area contributed by atoms with Crippen LogP contribution in [-0.2, 0) is 11.3 Å². The Morgan fingerprint density at radius 3 is 3.00 bits per heavy atom. The monoisotopic (exact) mass is 241 g/mol. The fourth-order valence-corrected chi connectivity index (χ4v) is 1.99. The Labute approximate surface area is 100 Å². The van der Waals surface area contributed by atoms with Crippen LogP contribution in [0.1, 0.15) is 18.5 Å². The molecule has 16 heavy (non-hydrogen) atoms. The van der Waals surface area contributed by atoms with Crippen molar-refractivity contribution in [2.45, 2.75) is 19.4 Å². The molecule has 0 spiro atoms. The van der Waals surface area contributed by atoms with Crippen LogP contribution < -0.4 is 5.32 Å². The van der Waals surface area contributed by atoms with Gasteiger partial charge in [-0.05, 0) is 49.5 Å². The van der Waals surface area contributed by atoms with Crippen LogP contribution >= 0.6 is 11.6 Å². The molecule has 2 heterocycles. The Balaban J connectivity index is 1.71. The summed E-state index contributed by atoms with van der Waals surface area (Å²) >= 11 is 5.69. The van der Waals surface area contributed by atoms with Crippen molar-refractivity contribution in [1.29, 1.82) is 0 Å². The average molecular weight is 242 g/mol. The lowest BCUT2D eigenvalue weighted by atomic mass is 9.99. The van der Waals surface area contributed by atoms with E-state index in [4.69, 9.17) is 16.3 Å². The summed E-state index contributed by atoms with van der Waals surface area (Å²) in [5.74, 6) is 0.679. The summed E-state index contributed by atoms with van der Waals surface area (Å²) in [6.45, 7) is 3.54. The first-order chi connectivity index (χ1) is 7.84. The van der Waals surface area contributed by atoms with E-state index < -0.39 is 0 Å². The van der Waals surface area contributed by atoms with E-state index >= 15 is 0 Å². The normalized spacial score (nSPS) is 17.6. The van der Waals surface area contributed by atoms with Crippen LogP contribution in [0.4, 0.5) is 0 Å². The second-order valence-corrected chi connectivity index (χ2v) is 4.36. The van der Waals surface area contributed by atoms with Gasteiger partial charge in [0, 0.05) is 6.20 Å². The van der Waals surface area contributed by atoms with E-state index in [0.29, 0.717) is 12.5 Å². The smallest absolute Gasteiger partial charge is 0.222 e. The molecule has 0 atom stereocenters. The standard InChI is InChI=1S/C11H16ClN3O/c12-11-14-6-3-10(15-11)8-16-7-9-1-4-13-5-2-9/h3,6,9,13H,1-2,4-5,7-8H2. The number of hydrogen-bond donors (Lipinski definition) is 1. The zero-order chi connectivity index (χ0) is 11.2. The van der Waals surface area contributed by atoms with Gasteiger partial charge in [0.2, 0.25) is 5.28 Å². The summed E-state index contributed by atoms with van der Waals surface area (Å²) in [6, 6.07) is 1.83. The van der Waals surface area contributed by atoms with Crippen LogP contribution in [0, 0.1) is 5.92 Å². The number of halogens is 1. The lowest BCUT2D eigenvalue weighted by Crippen LogP contribution is -2.29. The van der Waals surface area contributed by atoms with Crippen molar-refractivity contribution in [1.82, 2.24) is 15.3 Å². The van der Waals surface area contributed by atoms with E-state index in [1.807, 2.05) is 6.07 Å². The van der Waals surface area contributed by atoms with Crippen molar-refractivity contribution in [3.8, 4) is 0 Å². The van der Waals surface area contributed by atoms with Crippen molar-refractivity contribution in [2.75, 3.05) is 19.7 Å². The molecule has 0 aliphatic carbocycles. The molecular formula is C11H16ClN3O. The Morgan fingerprint density at radius 2 is 2.25 bits per heavy atom. The molecule has 4 nitrogen and oxygen atoms in total. The Kier molecular flexibility index (Phi) is 4.51. The highest BCUT2D eigenvalue weighted by molar-refractivity contribution is 6.28. The number of ether oxygens (including phenoxy) is 1. The van der Waals surface area contributed by atoms with Gasteiger partial charge in [-0.15, -0.1) is 0 Å². The van der Waals surface area contributed by atoms with Gasteiger partial charge in [-0.1, -0.05) is 0 Å². The first-order valence-electron chi connectivity index (χ1n) is 5.60. The first-order valence-corrected chi connectivity index (χ1v) is 5.98. The van der Waals surface area contributed by atoms with E-state index in [1.54, 1.807) is 6.20 Å². The summed E-state index contributed by atoms with van der Waals surface area (Å²) < 4.78 is 5.64. The van der Waals surface area contributed by atoms with Gasteiger partial charge in [0.1, 0.15) is 0 Å². The van der Waals surface area contributed by atoms with E-state index in [-0.39, 0.29) is 5.28 Å². The molecule has 0 aromatic carbocycles. The molecule has 1 fully saturated rings. The average Bonchev–Trinajstić information content (AvgIpc) is 2.30. The number of nitrogens with one attached hydrogen (secondary N) is 1. The Bertz CT molecular complexity index is 329. The second-order valence-electron chi connectivity index (χ2n) is 4.03. The highest BCUT2D eigenvalue weighted by atomic mass is 35.5.